The Bertz CT molecular complexity index is 696. The molecule has 0 saturated carbocycles. The van der Waals surface area contributed by atoms with E-state index in [9.17, 15) is 9.59 Å². The minimum absolute atomic E-state index is 0.128. The van der Waals surface area contributed by atoms with Crippen LogP contribution in [-0.2, 0) is 14.3 Å². The van der Waals surface area contributed by atoms with E-state index in [1.165, 1.54) is 4.90 Å². The molecule has 27 heavy (non-hydrogen) atoms. The molecule has 146 valence electrons. The summed E-state index contributed by atoms with van der Waals surface area (Å²) >= 11 is 0. The second-order valence-corrected chi connectivity index (χ2v) is 6.75. The number of aliphatic hydroxyl groups is 1. The van der Waals surface area contributed by atoms with Gasteiger partial charge in [0.15, 0.2) is 0 Å². The summed E-state index contributed by atoms with van der Waals surface area (Å²) in [6.07, 6.45) is 0.619. The van der Waals surface area contributed by atoms with Crippen LogP contribution in [0.2, 0.25) is 0 Å². The summed E-state index contributed by atoms with van der Waals surface area (Å²) in [6, 6.07) is 9.41. The van der Waals surface area contributed by atoms with Gasteiger partial charge in [0.25, 0.3) is 11.8 Å². The zero-order chi connectivity index (χ0) is 19.2. The van der Waals surface area contributed by atoms with E-state index in [-0.39, 0.29) is 18.4 Å². The standard InChI is InChI=1S/C20H27N3O4/c1-27-15-5-8-23-19(25)17(16-6-3-2-4-7-16)18(20(23)26)22-11-9-21(10-12-22)13-14-24/h2-4,6-7,24H,5,8-15H2,1H3. The summed E-state index contributed by atoms with van der Waals surface area (Å²) < 4.78 is 5.06. The van der Waals surface area contributed by atoms with Gasteiger partial charge in [0.05, 0.1) is 12.2 Å². The molecule has 0 bridgehead atoms. The number of carbonyl (C=O) groups excluding carboxylic acids is 2. The smallest absolute Gasteiger partial charge is 0.277 e. The molecule has 3 rings (SSSR count). The minimum Gasteiger partial charge on any atom is -0.395 e. The summed E-state index contributed by atoms with van der Waals surface area (Å²) in [5, 5.41) is 9.12. The first-order chi connectivity index (χ1) is 13.2. The third kappa shape index (κ3) is 4.21. The van der Waals surface area contributed by atoms with Gasteiger partial charge in [-0.25, -0.2) is 0 Å². The van der Waals surface area contributed by atoms with Crippen molar-refractivity contribution in [2.45, 2.75) is 6.42 Å². The van der Waals surface area contributed by atoms with Crippen LogP contribution in [0.1, 0.15) is 12.0 Å². The molecule has 1 N–H and O–H groups in total. The van der Waals surface area contributed by atoms with Crippen molar-refractivity contribution in [2.75, 3.05) is 59.6 Å². The van der Waals surface area contributed by atoms with Crippen LogP contribution in [0.15, 0.2) is 36.0 Å². The molecular formula is C20H27N3O4. The van der Waals surface area contributed by atoms with E-state index < -0.39 is 0 Å². The number of aliphatic hydroxyl groups excluding tert-OH is 1. The maximum absolute atomic E-state index is 13.1. The highest BCUT2D eigenvalue weighted by molar-refractivity contribution is 6.35. The number of piperazine rings is 1. The molecule has 2 aliphatic heterocycles. The quantitative estimate of drug-likeness (QED) is 0.526. The SMILES string of the molecule is COCCCN1C(=O)C(c2ccccc2)=C(N2CCN(CCO)CC2)C1=O. The summed E-state index contributed by atoms with van der Waals surface area (Å²) in [7, 11) is 1.61. The van der Waals surface area contributed by atoms with E-state index in [0.717, 1.165) is 18.7 Å². The second kappa shape index (κ2) is 9.12. The molecule has 2 amide bonds. The van der Waals surface area contributed by atoms with E-state index in [4.69, 9.17) is 9.84 Å². The summed E-state index contributed by atoms with van der Waals surface area (Å²) in [5.41, 5.74) is 1.78. The van der Waals surface area contributed by atoms with E-state index in [2.05, 4.69) is 4.90 Å². The number of hydrogen-bond donors (Lipinski definition) is 1. The molecule has 1 aromatic rings. The number of β-amino-alcohol motifs (C(OH)–C–C–N with tert-alkyl or cyclic N) is 1. The normalized spacial score (nSPS) is 18.7. The van der Waals surface area contributed by atoms with Crippen LogP contribution in [-0.4, -0.2) is 91.2 Å². The van der Waals surface area contributed by atoms with Crippen LogP contribution in [0.3, 0.4) is 0 Å². The molecule has 1 saturated heterocycles. The first-order valence-corrected chi connectivity index (χ1v) is 9.40. The number of nitrogens with zero attached hydrogens (tertiary/aromatic N) is 3. The van der Waals surface area contributed by atoms with Crippen LogP contribution < -0.4 is 0 Å². The predicted octanol–water partition coefficient (Wildman–Crippen LogP) is 0.413. The Morgan fingerprint density at radius 2 is 1.70 bits per heavy atom. The van der Waals surface area contributed by atoms with Crippen molar-refractivity contribution < 1.29 is 19.4 Å². The fourth-order valence-electron chi connectivity index (χ4n) is 3.63. The highest BCUT2D eigenvalue weighted by Crippen LogP contribution is 2.32. The number of carbonyl (C=O) groups is 2. The van der Waals surface area contributed by atoms with Gasteiger partial charge in [-0.1, -0.05) is 30.3 Å². The van der Waals surface area contributed by atoms with Gasteiger partial charge in [0.2, 0.25) is 0 Å². The van der Waals surface area contributed by atoms with Crippen molar-refractivity contribution in [3.05, 3.63) is 41.6 Å². The monoisotopic (exact) mass is 373 g/mol. The average molecular weight is 373 g/mol. The number of amides is 2. The number of benzene rings is 1. The first kappa shape index (κ1) is 19.5. The molecule has 0 aliphatic carbocycles. The second-order valence-electron chi connectivity index (χ2n) is 6.75. The number of hydrogen-bond acceptors (Lipinski definition) is 6. The van der Waals surface area contributed by atoms with Crippen molar-refractivity contribution >= 4 is 17.4 Å². The van der Waals surface area contributed by atoms with Gasteiger partial charge in [-0.05, 0) is 12.0 Å². The molecular weight excluding hydrogens is 346 g/mol. The van der Waals surface area contributed by atoms with E-state index >= 15 is 0 Å². The maximum atomic E-state index is 13.1. The Kier molecular flexibility index (Phi) is 6.60. The van der Waals surface area contributed by atoms with Gasteiger partial charge in [-0.15, -0.1) is 0 Å². The van der Waals surface area contributed by atoms with Gasteiger partial charge in [0, 0.05) is 53.0 Å². The molecule has 7 nitrogen and oxygen atoms in total. The minimum atomic E-state index is -0.227. The largest absolute Gasteiger partial charge is 0.395 e. The highest BCUT2D eigenvalue weighted by atomic mass is 16.5. The van der Waals surface area contributed by atoms with Gasteiger partial charge >= 0.3 is 0 Å². The third-order valence-electron chi connectivity index (χ3n) is 5.04. The Morgan fingerprint density at radius 1 is 1.00 bits per heavy atom. The Balaban J connectivity index is 1.87. The Labute approximate surface area is 159 Å². The number of ether oxygens (including phenoxy) is 1. The van der Waals surface area contributed by atoms with Gasteiger partial charge in [-0.2, -0.15) is 0 Å². The topological polar surface area (TPSA) is 73.3 Å². The van der Waals surface area contributed by atoms with E-state index in [1.54, 1.807) is 7.11 Å². The third-order valence-corrected chi connectivity index (χ3v) is 5.04. The fraction of sp³-hybridized carbons (Fsp3) is 0.500. The summed E-state index contributed by atoms with van der Waals surface area (Å²) in [5.74, 6) is -0.444. The lowest BCUT2D eigenvalue weighted by atomic mass is 10.0. The van der Waals surface area contributed by atoms with Gasteiger partial charge in [0.1, 0.15) is 5.70 Å². The average Bonchev–Trinajstić information content (AvgIpc) is 2.94. The molecule has 2 heterocycles. The number of imide groups is 1. The molecule has 0 unspecified atom stereocenters. The Morgan fingerprint density at radius 3 is 2.33 bits per heavy atom. The highest BCUT2D eigenvalue weighted by Gasteiger charge is 2.41. The fourth-order valence-corrected chi connectivity index (χ4v) is 3.63. The zero-order valence-electron chi connectivity index (χ0n) is 15.8. The predicted molar refractivity (Wildman–Crippen MR) is 102 cm³/mol. The van der Waals surface area contributed by atoms with Gasteiger partial charge < -0.3 is 14.7 Å². The first-order valence-electron chi connectivity index (χ1n) is 9.40. The Hall–Kier alpha value is -2.22. The van der Waals surface area contributed by atoms with Gasteiger partial charge in [-0.3, -0.25) is 19.4 Å². The number of methoxy groups -OCH3 is 1. The van der Waals surface area contributed by atoms with Crippen molar-refractivity contribution in [1.29, 1.82) is 0 Å². The molecule has 0 radical (unpaired) electrons. The lowest BCUT2D eigenvalue weighted by Gasteiger charge is -2.36. The van der Waals surface area contributed by atoms with Crippen LogP contribution in [0.5, 0.6) is 0 Å². The van der Waals surface area contributed by atoms with Crippen LogP contribution >= 0.6 is 0 Å². The molecule has 1 aromatic carbocycles. The van der Waals surface area contributed by atoms with Crippen molar-refractivity contribution in [2.24, 2.45) is 0 Å². The van der Waals surface area contributed by atoms with Crippen molar-refractivity contribution in [1.82, 2.24) is 14.7 Å². The van der Waals surface area contributed by atoms with Crippen LogP contribution in [0.4, 0.5) is 0 Å². The van der Waals surface area contributed by atoms with E-state index in [1.807, 2.05) is 35.2 Å². The lowest BCUT2D eigenvalue weighted by molar-refractivity contribution is -0.137. The molecule has 1 fully saturated rings. The van der Waals surface area contributed by atoms with Crippen LogP contribution in [0.25, 0.3) is 5.57 Å². The molecule has 0 atom stereocenters. The van der Waals surface area contributed by atoms with Crippen molar-refractivity contribution in [3.63, 3.8) is 0 Å². The molecule has 0 aromatic heterocycles. The maximum Gasteiger partial charge on any atom is 0.277 e. The molecule has 2 aliphatic rings. The zero-order valence-corrected chi connectivity index (χ0v) is 15.8. The van der Waals surface area contributed by atoms with Crippen LogP contribution in [0, 0.1) is 0 Å². The van der Waals surface area contributed by atoms with E-state index in [0.29, 0.717) is 50.5 Å². The summed E-state index contributed by atoms with van der Waals surface area (Å²) in [6.45, 7) is 4.47. The summed E-state index contributed by atoms with van der Waals surface area (Å²) in [4.78, 5) is 31.7. The van der Waals surface area contributed by atoms with Crippen molar-refractivity contribution in [3.8, 4) is 0 Å². The molecule has 7 heteroatoms. The molecule has 0 spiro atoms. The lowest BCUT2D eigenvalue weighted by Crippen LogP contribution is -2.48. The number of rotatable bonds is 8.